The molecule has 0 aliphatic heterocycles. The lowest BCUT2D eigenvalue weighted by atomic mass is 10.1. The molecule has 0 atom stereocenters. The number of methoxy groups -OCH3 is 1. The van der Waals surface area contributed by atoms with Gasteiger partial charge < -0.3 is 9.75 Å². The second kappa shape index (κ2) is 9.01. The van der Waals surface area contributed by atoms with Gasteiger partial charge in [0.1, 0.15) is 15.8 Å². The van der Waals surface area contributed by atoms with Crippen molar-refractivity contribution >= 4 is 39.3 Å². The molecule has 0 aromatic heterocycles. The number of nitrogens with two attached hydrogens (primary N) is 1. The summed E-state index contributed by atoms with van der Waals surface area (Å²) in [5.74, 6) is 7.55. The second-order valence-electron chi connectivity index (χ2n) is 5.23. The Hall–Kier alpha value is -1.63. The molecule has 0 amide bonds. The Labute approximate surface area is 152 Å². The van der Waals surface area contributed by atoms with Gasteiger partial charge in [-0.3, -0.25) is 0 Å². The van der Waals surface area contributed by atoms with Crippen LogP contribution in [0, 0.1) is 6.92 Å². The molecule has 0 spiro atoms. The Morgan fingerprint density at radius 3 is 2.62 bits per heavy atom. The number of hydrogen-bond donors (Lipinski definition) is 1. The van der Waals surface area contributed by atoms with E-state index in [0.29, 0.717) is 0 Å². The number of ether oxygens (including phenoxy) is 1. The molecule has 0 aliphatic rings. The minimum absolute atomic E-state index is 0.780. The van der Waals surface area contributed by atoms with E-state index in [9.17, 15) is 0 Å². The number of anilines is 1. The molecule has 24 heavy (non-hydrogen) atoms. The third-order valence-corrected chi connectivity index (χ3v) is 5.64. The number of benzene rings is 2. The average Bonchev–Trinajstić information content (AvgIpc) is 2.59. The summed E-state index contributed by atoms with van der Waals surface area (Å²) in [5, 5.41) is 1.67. The average molecular weight is 362 g/mol. The van der Waals surface area contributed by atoms with Gasteiger partial charge in [0.25, 0.3) is 0 Å². The van der Waals surface area contributed by atoms with Crippen molar-refractivity contribution in [3.8, 4) is 5.75 Å². The van der Waals surface area contributed by atoms with Crippen molar-refractivity contribution in [2.24, 2.45) is 10.8 Å². The van der Waals surface area contributed by atoms with Gasteiger partial charge in [-0.15, -0.1) is 11.8 Å². The molecule has 0 heterocycles. The van der Waals surface area contributed by atoms with Crippen LogP contribution in [0.3, 0.4) is 0 Å². The zero-order chi connectivity index (χ0) is 17.5. The summed E-state index contributed by atoms with van der Waals surface area (Å²) < 4.78 is 6.37. The van der Waals surface area contributed by atoms with Crippen LogP contribution < -0.4 is 15.6 Å². The van der Waals surface area contributed by atoms with Crippen LogP contribution in [0.2, 0.25) is 0 Å². The van der Waals surface area contributed by atoms with E-state index in [1.807, 2.05) is 49.7 Å². The first-order valence-electron chi connectivity index (χ1n) is 7.52. The van der Waals surface area contributed by atoms with Crippen molar-refractivity contribution in [3.05, 3.63) is 53.6 Å². The topological polar surface area (TPSA) is 50.8 Å². The first-order chi connectivity index (χ1) is 11.6. The summed E-state index contributed by atoms with van der Waals surface area (Å²) in [6.07, 6.45) is 2.04. The number of thioether (sulfide) groups is 2. The molecule has 0 unspecified atom stereocenters. The van der Waals surface area contributed by atoms with Crippen LogP contribution in [0.1, 0.15) is 11.1 Å². The summed E-state index contributed by atoms with van der Waals surface area (Å²) in [7, 11) is 3.53. The van der Waals surface area contributed by atoms with Gasteiger partial charge in [0.2, 0.25) is 0 Å². The molecule has 2 rings (SSSR count). The van der Waals surface area contributed by atoms with E-state index in [2.05, 4.69) is 13.0 Å². The third-order valence-electron chi connectivity index (χ3n) is 3.58. The summed E-state index contributed by atoms with van der Waals surface area (Å²) in [6.45, 7) is 2.11. The largest absolute Gasteiger partial charge is 0.494 e. The maximum atomic E-state index is 5.96. The van der Waals surface area contributed by atoms with Gasteiger partial charge >= 0.3 is 0 Å². The van der Waals surface area contributed by atoms with E-state index in [4.69, 9.17) is 15.6 Å². The lowest BCUT2D eigenvalue weighted by molar-refractivity contribution is 0.416. The third kappa shape index (κ3) is 4.69. The molecule has 128 valence electrons. The van der Waals surface area contributed by atoms with Gasteiger partial charge in [-0.1, -0.05) is 36.0 Å². The highest BCUT2D eigenvalue weighted by Gasteiger charge is 2.10. The molecule has 2 N–H and O–H groups in total. The molecule has 6 heteroatoms. The quantitative estimate of drug-likeness (QED) is 0.365. The van der Waals surface area contributed by atoms with Crippen molar-refractivity contribution in [2.45, 2.75) is 12.7 Å². The van der Waals surface area contributed by atoms with Crippen molar-refractivity contribution in [2.75, 3.05) is 25.4 Å². The predicted molar refractivity (Wildman–Crippen MR) is 109 cm³/mol. The lowest BCUT2D eigenvalue weighted by Crippen LogP contribution is -2.26. The fraction of sp³-hybridized carbons (Fsp3) is 0.278. The van der Waals surface area contributed by atoms with Gasteiger partial charge in [-0.2, -0.15) is 0 Å². The molecule has 0 saturated heterocycles. The zero-order valence-electron chi connectivity index (χ0n) is 14.4. The number of rotatable bonds is 5. The van der Waals surface area contributed by atoms with E-state index in [1.54, 1.807) is 35.6 Å². The number of hydrogen-bond acceptors (Lipinski definition) is 6. The van der Waals surface area contributed by atoms with Crippen molar-refractivity contribution < 1.29 is 4.74 Å². The van der Waals surface area contributed by atoms with E-state index in [-0.39, 0.29) is 0 Å². The van der Waals surface area contributed by atoms with Crippen LogP contribution in [-0.2, 0) is 5.75 Å². The molecule has 0 bridgehead atoms. The molecule has 2 aromatic carbocycles. The Bertz CT molecular complexity index is 717. The normalized spacial score (nSPS) is 11.5. The fourth-order valence-electron chi connectivity index (χ4n) is 2.30. The van der Waals surface area contributed by atoms with E-state index < -0.39 is 0 Å². The minimum Gasteiger partial charge on any atom is -0.494 e. The van der Waals surface area contributed by atoms with Crippen molar-refractivity contribution in [1.29, 1.82) is 0 Å². The molecule has 0 saturated carbocycles. The lowest BCUT2D eigenvalue weighted by Gasteiger charge is -2.18. The van der Waals surface area contributed by atoms with E-state index in [1.165, 1.54) is 11.1 Å². The monoisotopic (exact) mass is 361 g/mol. The molecule has 2 aromatic rings. The van der Waals surface area contributed by atoms with Crippen molar-refractivity contribution in [3.63, 3.8) is 0 Å². The van der Waals surface area contributed by atoms with Crippen LogP contribution in [0.4, 0.5) is 11.4 Å². The van der Waals surface area contributed by atoms with E-state index in [0.717, 1.165) is 27.3 Å². The minimum atomic E-state index is 0.780. The maximum Gasteiger partial charge on any atom is 0.144 e. The number of aryl methyl sites for hydroxylation is 1. The molecule has 0 radical (unpaired) electrons. The van der Waals surface area contributed by atoms with Crippen LogP contribution in [0.25, 0.3) is 0 Å². The van der Waals surface area contributed by atoms with Gasteiger partial charge in [-0.25, -0.2) is 10.8 Å². The van der Waals surface area contributed by atoms with Crippen LogP contribution in [0.15, 0.2) is 47.5 Å². The predicted octanol–water partition coefficient (Wildman–Crippen LogP) is 4.60. The molecule has 0 aliphatic carbocycles. The number of aliphatic imine (C=N–C) groups is 1. The number of hydrazine groups is 1. The highest BCUT2D eigenvalue weighted by atomic mass is 32.2. The van der Waals surface area contributed by atoms with E-state index >= 15 is 0 Å². The van der Waals surface area contributed by atoms with Gasteiger partial charge in [-0.05, 0) is 42.5 Å². The summed E-state index contributed by atoms with van der Waals surface area (Å²) in [5.41, 5.74) is 4.35. The fourth-order valence-corrected chi connectivity index (χ4v) is 3.94. The molecule has 4 nitrogen and oxygen atoms in total. The summed E-state index contributed by atoms with van der Waals surface area (Å²) >= 11 is 3.35. The number of nitrogens with zero attached hydrogens (tertiary/aromatic N) is 2. The summed E-state index contributed by atoms with van der Waals surface area (Å²) in [4.78, 5) is 4.74. The standard InChI is InChI=1S/C18H23N3OS2/c1-13-8-7-10-16(21(2)19)14(13)12-24-18(23-4)20-15-9-5-6-11-17(15)22-3/h5-11H,12,19H2,1-4H3/b20-18-. The molecular formula is C18H23N3OS2. The maximum absolute atomic E-state index is 5.96. The number of para-hydroxylation sites is 2. The van der Waals surface area contributed by atoms with Gasteiger partial charge in [0.05, 0.1) is 12.8 Å². The van der Waals surface area contributed by atoms with Crippen LogP contribution >= 0.6 is 23.5 Å². The zero-order valence-corrected chi connectivity index (χ0v) is 16.1. The van der Waals surface area contributed by atoms with Gasteiger partial charge in [0.15, 0.2) is 0 Å². The smallest absolute Gasteiger partial charge is 0.144 e. The molecule has 0 fully saturated rings. The highest BCUT2D eigenvalue weighted by molar-refractivity contribution is 8.38. The Kier molecular flexibility index (Phi) is 7.02. The van der Waals surface area contributed by atoms with Gasteiger partial charge in [0, 0.05) is 12.8 Å². The highest BCUT2D eigenvalue weighted by Crippen LogP contribution is 2.32. The van der Waals surface area contributed by atoms with Crippen LogP contribution in [-0.4, -0.2) is 24.8 Å². The Balaban J connectivity index is 2.22. The first-order valence-corrected chi connectivity index (χ1v) is 9.73. The van der Waals surface area contributed by atoms with Crippen molar-refractivity contribution in [1.82, 2.24) is 0 Å². The summed E-state index contributed by atoms with van der Waals surface area (Å²) in [6, 6.07) is 14.0. The SMILES string of the molecule is COc1ccccc1/N=C(/SC)SCc1c(C)cccc1N(C)N. The Morgan fingerprint density at radius 1 is 1.21 bits per heavy atom. The first kappa shape index (κ1) is 18.7. The Morgan fingerprint density at radius 2 is 1.96 bits per heavy atom. The second-order valence-corrected chi connectivity index (χ2v) is 7.24. The van der Waals surface area contributed by atoms with Crippen LogP contribution in [0.5, 0.6) is 5.75 Å². The molecular weight excluding hydrogens is 338 g/mol.